The zero-order valence-electron chi connectivity index (χ0n) is 15.3. The summed E-state index contributed by atoms with van der Waals surface area (Å²) < 4.78 is 10.5. The molecule has 1 aromatic rings. The SMILES string of the molecule is CCOC(=O)C1(C(=O)OCC)CCN2C(C(=O)c3ccccc3)CCC21. The van der Waals surface area contributed by atoms with E-state index in [-0.39, 0.29) is 31.1 Å². The third kappa shape index (κ3) is 2.92. The number of carbonyl (C=O) groups is 3. The van der Waals surface area contributed by atoms with Gasteiger partial charge in [0.2, 0.25) is 0 Å². The van der Waals surface area contributed by atoms with Crippen LogP contribution >= 0.6 is 0 Å². The molecule has 0 saturated carbocycles. The van der Waals surface area contributed by atoms with Crippen molar-refractivity contribution in [2.45, 2.75) is 45.2 Å². The molecule has 0 N–H and O–H groups in total. The van der Waals surface area contributed by atoms with Crippen molar-refractivity contribution in [1.29, 1.82) is 0 Å². The van der Waals surface area contributed by atoms with E-state index in [9.17, 15) is 14.4 Å². The third-order valence-electron chi connectivity index (χ3n) is 5.49. The van der Waals surface area contributed by atoms with Gasteiger partial charge in [-0.2, -0.15) is 0 Å². The van der Waals surface area contributed by atoms with Crippen LogP contribution in [0.25, 0.3) is 0 Å². The lowest BCUT2D eigenvalue weighted by Crippen LogP contribution is -2.50. The Balaban J connectivity index is 1.88. The smallest absolute Gasteiger partial charge is 0.325 e. The topological polar surface area (TPSA) is 72.9 Å². The van der Waals surface area contributed by atoms with Crippen molar-refractivity contribution in [3.8, 4) is 0 Å². The zero-order chi connectivity index (χ0) is 18.7. The van der Waals surface area contributed by atoms with E-state index in [1.165, 1.54) is 0 Å². The van der Waals surface area contributed by atoms with Crippen LogP contribution in [0.1, 0.15) is 43.5 Å². The Bertz CT molecular complexity index is 669. The first kappa shape index (κ1) is 18.6. The molecule has 0 amide bonds. The minimum atomic E-state index is -1.32. The van der Waals surface area contributed by atoms with Crippen LogP contribution in [0.2, 0.25) is 0 Å². The summed E-state index contributed by atoms with van der Waals surface area (Å²) in [5.74, 6) is -1.02. The fourth-order valence-corrected chi connectivity index (χ4v) is 4.33. The number of ketones is 1. The van der Waals surface area contributed by atoms with Crippen LogP contribution in [0.3, 0.4) is 0 Å². The van der Waals surface area contributed by atoms with Crippen molar-refractivity contribution in [2.75, 3.05) is 19.8 Å². The van der Waals surface area contributed by atoms with Gasteiger partial charge in [-0.3, -0.25) is 19.3 Å². The zero-order valence-corrected chi connectivity index (χ0v) is 15.3. The van der Waals surface area contributed by atoms with Crippen LogP contribution in [0, 0.1) is 5.41 Å². The molecule has 1 aromatic carbocycles. The summed E-state index contributed by atoms with van der Waals surface area (Å²) in [5, 5.41) is 0. The molecule has 0 aromatic heterocycles. The Morgan fingerprint density at radius 1 is 1.04 bits per heavy atom. The van der Waals surface area contributed by atoms with Gasteiger partial charge in [-0.1, -0.05) is 30.3 Å². The molecule has 2 fully saturated rings. The van der Waals surface area contributed by atoms with Crippen LogP contribution < -0.4 is 0 Å². The summed E-state index contributed by atoms with van der Waals surface area (Å²) in [6.07, 6.45) is 1.55. The van der Waals surface area contributed by atoms with Crippen LogP contribution in [-0.2, 0) is 19.1 Å². The third-order valence-corrected chi connectivity index (χ3v) is 5.49. The predicted molar refractivity (Wildman–Crippen MR) is 94.6 cm³/mol. The van der Waals surface area contributed by atoms with E-state index in [2.05, 4.69) is 0 Å². The molecule has 2 aliphatic rings. The number of hydrogen-bond donors (Lipinski definition) is 0. The van der Waals surface area contributed by atoms with Crippen LogP contribution in [0.4, 0.5) is 0 Å². The normalized spacial score (nSPS) is 24.1. The number of hydrogen-bond acceptors (Lipinski definition) is 6. The van der Waals surface area contributed by atoms with Gasteiger partial charge in [0.1, 0.15) is 0 Å². The Morgan fingerprint density at radius 3 is 2.23 bits per heavy atom. The molecule has 2 aliphatic heterocycles. The molecule has 2 saturated heterocycles. The number of benzene rings is 1. The average Bonchev–Trinajstić information content (AvgIpc) is 3.23. The van der Waals surface area contributed by atoms with Crippen LogP contribution in [0.15, 0.2) is 30.3 Å². The second kappa shape index (κ2) is 7.58. The molecule has 2 atom stereocenters. The van der Waals surface area contributed by atoms with Gasteiger partial charge in [-0.25, -0.2) is 0 Å². The maximum absolute atomic E-state index is 12.9. The fraction of sp³-hybridized carbons (Fsp3) is 0.550. The number of esters is 2. The predicted octanol–water partition coefficient (Wildman–Crippen LogP) is 2.22. The molecule has 6 heteroatoms. The summed E-state index contributed by atoms with van der Waals surface area (Å²) in [6.45, 7) is 4.36. The first-order valence-corrected chi connectivity index (χ1v) is 9.25. The maximum atomic E-state index is 12.9. The van der Waals surface area contributed by atoms with Crippen molar-refractivity contribution in [3.05, 3.63) is 35.9 Å². The highest BCUT2D eigenvalue weighted by Gasteiger charge is 2.63. The minimum absolute atomic E-state index is 0.0385. The molecule has 0 radical (unpaired) electrons. The lowest BCUT2D eigenvalue weighted by Gasteiger charge is -2.31. The largest absolute Gasteiger partial charge is 0.465 e. The van der Waals surface area contributed by atoms with E-state index in [1.54, 1.807) is 26.0 Å². The molecule has 26 heavy (non-hydrogen) atoms. The molecular formula is C20H25NO5. The van der Waals surface area contributed by atoms with Crippen molar-refractivity contribution >= 4 is 17.7 Å². The van der Waals surface area contributed by atoms with Crippen molar-refractivity contribution in [1.82, 2.24) is 4.90 Å². The summed E-state index contributed by atoms with van der Waals surface area (Å²) in [7, 11) is 0. The highest BCUT2D eigenvalue weighted by molar-refractivity contribution is 6.03. The van der Waals surface area contributed by atoms with E-state index in [4.69, 9.17) is 9.47 Å². The summed E-state index contributed by atoms with van der Waals surface area (Å²) in [5.41, 5.74) is -0.666. The van der Waals surface area contributed by atoms with Gasteiger partial charge >= 0.3 is 11.9 Å². The van der Waals surface area contributed by atoms with Crippen LogP contribution in [0.5, 0.6) is 0 Å². The molecule has 140 valence electrons. The Kier molecular flexibility index (Phi) is 5.41. The first-order chi connectivity index (χ1) is 12.6. The number of carbonyl (C=O) groups excluding carboxylic acids is 3. The molecule has 6 nitrogen and oxygen atoms in total. The minimum Gasteiger partial charge on any atom is -0.465 e. The molecular weight excluding hydrogens is 334 g/mol. The average molecular weight is 359 g/mol. The van der Waals surface area contributed by atoms with E-state index in [1.807, 2.05) is 23.1 Å². The highest BCUT2D eigenvalue weighted by atomic mass is 16.6. The van der Waals surface area contributed by atoms with E-state index in [0.717, 1.165) is 0 Å². The monoisotopic (exact) mass is 359 g/mol. The van der Waals surface area contributed by atoms with Gasteiger partial charge in [0.15, 0.2) is 11.2 Å². The summed E-state index contributed by atoms with van der Waals surface area (Å²) in [6, 6.07) is 8.49. The highest BCUT2D eigenvalue weighted by Crippen LogP contribution is 2.47. The molecule has 0 spiro atoms. The number of Topliss-reactive ketones (excluding diaryl/α,β-unsaturated/α-hetero) is 1. The number of rotatable bonds is 6. The van der Waals surface area contributed by atoms with E-state index >= 15 is 0 Å². The Morgan fingerprint density at radius 2 is 1.65 bits per heavy atom. The van der Waals surface area contributed by atoms with Gasteiger partial charge in [-0.05, 0) is 33.1 Å². The first-order valence-electron chi connectivity index (χ1n) is 9.25. The lowest BCUT2D eigenvalue weighted by atomic mass is 9.79. The van der Waals surface area contributed by atoms with Crippen molar-refractivity contribution in [3.63, 3.8) is 0 Å². The Hall–Kier alpha value is -2.21. The standard InChI is InChI=1S/C20H25NO5/c1-3-25-18(23)20(19(24)26-4-2)12-13-21-15(10-11-16(20)21)17(22)14-8-6-5-7-9-14/h5-9,15-16H,3-4,10-13H2,1-2H3. The van der Waals surface area contributed by atoms with Crippen molar-refractivity contribution < 1.29 is 23.9 Å². The van der Waals surface area contributed by atoms with Gasteiger partial charge in [0.25, 0.3) is 0 Å². The van der Waals surface area contributed by atoms with Gasteiger partial charge < -0.3 is 9.47 Å². The number of fused-ring (bicyclic) bond motifs is 1. The summed E-state index contributed by atoms with van der Waals surface area (Å²) >= 11 is 0. The molecule has 0 bridgehead atoms. The molecule has 0 aliphatic carbocycles. The molecule has 3 rings (SSSR count). The van der Waals surface area contributed by atoms with E-state index in [0.29, 0.717) is 31.4 Å². The van der Waals surface area contributed by atoms with E-state index < -0.39 is 17.4 Å². The van der Waals surface area contributed by atoms with Gasteiger partial charge in [0, 0.05) is 18.2 Å². The second-order valence-electron chi connectivity index (χ2n) is 6.74. The number of ether oxygens (including phenoxy) is 2. The quantitative estimate of drug-likeness (QED) is 0.441. The second-order valence-corrected chi connectivity index (χ2v) is 6.74. The van der Waals surface area contributed by atoms with Gasteiger partial charge in [-0.15, -0.1) is 0 Å². The fourth-order valence-electron chi connectivity index (χ4n) is 4.33. The van der Waals surface area contributed by atoms with Gasteiger partial charge in [0.05, 0.1) is 19.3 Å². The summed E-state index contributed by atoms with van der Waals surface area (Å²) in [4.78, 5) is 40.4. The maximum Gasteiger partial charge on any atom is 0.325 e. The number of nitrogens with zero attached hydrogens (tertiary/aromatic N) is 1. The molecule has 2 unspecified atom stereocenters. The lowest BCUT2D eigenvalue weighted by molar-refractivity contribution is -0.173. The van der Waals surface area contributed by atoms with Crippen molar-refractivity contribution in [2.24, 2.45) is 5.41 Å². The molecule has 2 heterocycles. The Labute approximate surface area is 153 Å². The van der Waals surface area contributed by atoms with Crippen LogP contribution in [-0.4, -0.2) is 54.5 Å².